The summed E-state index contributed by atoms with van der Waals surface area (Å²) in [7, 11) is -3.28. The molecule has 0 unspecified atom stereocenters. The number of sulfonamides is 1. The lowest BCUT2D eigenvalue weighted by molar-refractivity contribution is -0.145. The number of carbonyl (C=O) groups is 1. The molecule has 2 saturated heterocycles. The molecule has 2 aliphatic rings. The third-order valence-corrected chi connectivity index (χ3v) is 5.06. The van der Waals surface area contributed by atoms with Gasteiger partial charge in [-0.1, -0.05) is 0 Å². The fourth-order valence-electron chi connectivity index (χ4n) is 2.59. The zero-order chi connectivity index (χ0) is 13.4. The number of rotatable bonds is 2. The van der Waals surface area contributed by atoms with Crippen molar-refractivity contribution in [2.75, 3.05) is 32.4 Å². The molecule has 18 heavy (non-hydrogen) atoms. The fourth-order valence-corrected chi connectivity index (χ4v) is 3.44. The monoisotopic (exact) mass is 278 g/mol. The molecule has 0 atom stereocenters. The van der Waals surface area contributed by atoms with Gasteiger partial charge in [0.25, 0.3) is 5.91 Å². The van der Waals surface area contributed by atoms with Crippen molar-refractivity contribution in [1.82, 2.24) is 9.21 Å². The van der Waals surface area contributed by atoms with Gasteiger partial charge >= 0.3 is 0 Å². The van der Waals surface area contributed by atoms with Gasteiger partial charge in [-0.15, -0.1) is 0 Å². The van der Waals surface area contributed by atoms with E-state index in [-0.39, 0.29) is 25.9 Å². The quantitative estimate of drug-likeness (QED) is 0.733. The number of amides is 1. The number of likely N-dealkylation sites (tertiary alicyclic amines) is 1. The van der Waals surface area contributed by atoms with Crippen molar-refractivity contribution in [3.05, 3.63) is 0 Å². The Hall–Kier alpha value is -0.690. The summed E-state index contributed by atoms with van der Waals surface area (Å²) in [6.45, 7) is 1.43. The molecule has 0 aromatic carbocycles. The normalized spacial score (nSPS) is 25.3. The van der Waals surface area contributed by atoms with Crippen LogP contribution < -0.4 is 0 Å². The highest BCUT2D eigenvalue weighted by Gasteiger charge is 2.45. The lowest BCUT2D eigenvalue weighted by atomic mass is 9.93. The zero-order valence-corrected chi connectivity index (χ0v) is 11.4. The topological polar surface area (TPSA) is 57.7 Å². The molecule has 0 N–H and O–H groups in total. The molecular weight excluding hydrogens is 259 g/mol. The molecule has 2 heterocycles. The van der Waals surface area contributed by atoms with Crippen molar-refractivity contribution in [3.63, 3.8) is 0 Å². The second-order valence-electron chi connectivity index (χ2n) is 5.13. The van der Waals surface area contributed by atoms with E-state index in [2.05, 4.69) is 0 Å². The number of hydrogen-bond donors (Lipinski definition) is 0. The van der Waals surface area contributed by atoms with E-state index >= 15 is 0 Å². The molecule has 7 heteroatoms. The number of alkyl halides is 1. The Kier molecular flexibility index (Phi) is 3.64. The molecule has 2 rings (SSSR count). The van der Waals surface area contributed by atoms with Crippen LogP contribution in [0.25, 0.3) is 0 Å². The van der Waals surface area contributed by atoms with Crippen molar-refractivity contribution >= 4 is 15.9 Å². The van der Waals surface area contributed by atoms with Crippen LogP contribution in [0.1, 0.15) is 25.7 Å². The molecule has 0 aromatic rings. The first-order chi connectivity index (χ1) is 8.33. The number of nitrogens with zero attached hydrogens (tertiary/aromatic N) is 2. The summed E-state index contributed by atoms with van der Waals surface area (Å²) in [4.78, 5) is 13.6. The highest BCUT2D eigenvalue weighted by atomic mass is 32.2. The maximum atomic E-state index is 14.6. The zero-order valence-electron chi connectivity index (χ0n) is 10.6. The van der Waals surface area contributed by atoms with E-state index in [0.29, 0.717) is 13.1 Å². The minimum absolute atomic E-state index is 0.0323. The summed E-state index contributed by atoms with van der Waals surface area (Å²) in [5, 5.41) is 0. The van der Waals surface area contributed by atoms with Crippen LogP contribution in [0.15, 0.2) is 0 Å². The minimum Gasteiger partial charge on any atom is -0.340 e. The Labute approximate surface area is 107 Å². The van der Waals surface area contributed by atoms with E-state index in [1.165, 1.54) is 4.31 Å². The van der Waals surface area contributed by atoms with E-state index in [1.54, 1.807) is 4.90 Å². The van der Waals surface area contributed by atoms with Crippen LogP contribution in [-0.4, -0.2) is 61.6 Å². The average molecular weight is 278 g/mol. The van der Waals surface area contributed by atoms with E-state index in [4.69, 9.17) is 0 Å². The first-order valence-corrected chi connectivity index (χ1v) is 8.11. The number of halogens is 1. The lowest BCUT2D eigenvalue weighted by Crippen LogP contribution is -2.52. The molecule has 1 amide bonds. The molecule has 2 fully saturated rings. The molecule has 0 spiro atoms. The van der Waals surface area contributed by atoms with Crippen molar-refractivity contribution in [2.24, 2.45) is 0 Å². The Bertz CT molecular complexity index is 424. The molecule has 104 valence electrons. The molecular formula is C11H19FN2O3S. The van der Waals surface area contributed by atoms with Crippen LogP contribution in [0.4, 0.5) is 4.39 Å². The van der Waals surface area contributed by atoms with Crippen LogP contribution in [0.5, 0.6) is 0 Å². The molecule has 2 aliphatic heterocycles. The second kappa shape index (κ2) is 4.77. The summed E-state index contributed by atoms with van der Waals surface area (Å²) in [6, 6.07) is 0. The van der Waals surface area contributed by atoms with Crippen molar-refractivity contribution in [3.8, 4) is 0 Å². The standard InChI is InChI=1S/C11H19FN2O3S/c1-18(16,17)14-8-4-11(12,5-9-14)10(15)13-6-2-3-7-13/h2-9H2,1H3. The van der Waals surface area contributed by atoms with Crippen molar-refractivity contribution < 1.29 is 17.6 Å². The molecule has 0 radical (unpaired) electrons. The maximum Gasteiger partial charge on any atom is 0.260 e. The Morgan fingerprint density at radius 1 is 1.11 bits per heavy atom. The third-order valence-electron chi connectivity index (χ3n) is 3.76. The minimum atomic E-state index is -3.28. The number of hydrogen-bond acceptors (Lipinski definition) is 3. The Morgan fingerprint density at radius 2 is 1.61 bits per heavy atom. The van der Waals surface area contributed by atoms with Gasteiger partial charge in [0.2, 0.25) is 10.0 Å². The van der Waals surface area contributed by atoms with Gasteiger partial charge < -0.3 is 4.90 Å². The molecule has 5 nitrogen and oxygen atoms in total. The van der Waals surface area contributed by atoms with Crippen molar-refractivity contribution in [1.29, 1.82) is 0 Å². The summed E-state index contributed by atoms with van der Waals surface area (Å²) in [5.41, 5.74) is -1.87. The van der Waals surface area contributed by atoms with Gasteiger partial charge in [0.1, 0.15) is 0 Å². The number of piperidine rings is 1. The van der Waals surface area contributed by atoms with Gasteiger partial charge in [0.15, 0.2) is 5.67 Å². The first-order valence-electron chi connectivity index (χ1n) is 6.26. The maximum absolute atomic E-state index is 14.6. The van der Waals surface area contributed by atoms with E-state index < -0.39 is 21.6 Å². The molecule has 0 aliphatic carbocycles. The average Bonchev–Trinajstić information content (AvgIpc) is 2.80. The van der Waals surface area contributed by atoms with E-state index in [0.717, 1.165) is 19.1 Å². The SMILES string of the molecule is CS(=O)(=O)N1CCC(F)(C(=O)N2CCCC2)CC1. The van der Waals surface area contributed by atoms with Crippen LogP contribution in [0.2, 0.25) is 0 Å². The van der Waals surface area contributed by atoms with E-state index in [9.17, 15) is 17.6 Å². The molecule has 0 saturated carbocycles. The van der Waals surface area contributed by atoms with E-state index in [1.807, 2.05) is 0 Å². The highest BCUT2D eigenvalue weighted by Crippen LogP contribution is 2.30. The summed E-state index contributed by atoms with van der Waals surface area (Å²) < 4.78 is 38.5. The van der Waals surface area contributed by atoms with Gasteiger partial charge in [0, 0.05) is 39.0 Å². The summed E-state index contributed by atoms with van der Waals surface area (Å²) in [6.07, 6.45) is 2.90. The van der Waals surface area contributed by atoms with Gasteiger partial charge in [-0.05, 0) is 12.8 Å². The van der Waals surface area contributed by atoms with Gasteiger partial charge in [-0.2, -0.15) is 0 Å². The van der Waals surface area contributed by atoms with Crippen LogP contribution in [-0.2, 0) is 14.8 Å². The van der Waals surface area contributed by atoms with Gasteiger partial charge in [-0.25, -0.2) is 17.1 Å². The van der Waals surface area contributed by atoms with Gasteiger partial charge in [0.05, 0.1) is 6.26 Å². The summed E-state index contributed by atoms with van der Waals surface area (Å²) >= 11 is 0. The summed E-state index contributed by atoms with van der Waals surface area (Å²) in [5.74, 6) is -0.451. The predicted molar refractivity (Wildman–Crippen MR) is 65.3 cm³/mol. The van der Waals surface area contributed by atoms with Crippen LogP contribution in [0.3, 0.4) is 0 Å². The Balaban J connectivity index is 2.00. The second-order valence-corrected chi connectivity index (χ2v) is 7.11. The molecule has 0 bridgehead atoms. The lowest BCUT2D eigenvalue weighted by Gasteiger charge is -2.36. The predicted octanol–water partition coefficient (Wildman–Crippen LogP) is 0.372. The third kappa shape index (κ3) is 2.66. The highest BCUT2D eigenvalue weighted by molar-refractivity contribution is 7.88. The van der Waals surface area contributed by atoms with Crippen LogP contribution >= 0.6 is 0 Å². The van der Waals surface area contributed by atoms with Gasteiger partial charge in [-0.3, -0.25) is 4.79 Å². The smallest absolute Gasteiger partial charge is 0.260 e. The number of carbonyl (C=O) groups excluding carboxylic acids is 1. The van der Waals surface area contributed by atoms with Crippen molar-refractivity contribution in [2.45, 2.75) is 31.4 Å². The fraction of sp³-hybridized carbons (Fsp3) is 0.909. The largest absolute Gasteiger partial charge is 0.340 e. The van der Waals surface area contributed by atoms with Crippen LogP contribution in [0, 0.1) is 0 Å². The molecule has 0 aromatic heterocycles. The Morgan fingerprint density at radius 3 is 2.06 bits per heavy atom. The first kappa shape index (κ1) is 13.7.